The van der Waals surface area contributed by atoms with E-state index in [0.717, 1.165) is 9.91 Å². The molecule has 0 N–H and O–H groups in total. The van der Waals surface area contributed by atoms with Gasteiger partial charge >= 0.3 is 0 Å². The van der Waals surface area contributed by atoms with E-state index in [2.05, 4.69) is 10.2 Å². The van der Waals surface area contributed by atoms with Gasteiger partial charge in [0.1, 0.15) is 5.01 Å². The second-order valence-electron chi connectivity index (χ2n) is 2.73. The third-order valence-corrected chi connectivity index (χ3v) is 2.58. The van der Waals surface area contributed by atoms with Crippen molar-refractivity contribution in [3.8, 4) is 0 Å². The van der Waals surface area contributed by atoms with Gasteiger partial charge in [0, 0.05) is 12.8 Å². The van der Waals surface area contributed by atoms with Crippen molar-refractivity contribution in [1.82, 2.24) is 10.2 Å². The van der Waals surface area contributed by atoms with Crippen LogP contribution < -0.4 is 4.90 Å². The molecule has 0 radical (unpaired) electrons. The zero-order valence-electron chi connectivity index (χ0n) is 6.98. The van der Waals surface area contributed by atoms with Gasteiger partial charge in [-0.15, -0.1) is 10.2 Å². The number of rotatable bonds is 1. The Bertz CT molecular complexity index is 358. The first kappa shape index (κ1) is 8.31. The Morgan fingerprint density at radius 2 is 1.85 bits per heavy atom. The normalized spacial score (nSPS) is 17.2. The maximum Gasteiger partial charge on any atom is 0.236 e. The Balaban J connectivity index is 2.35. The lowest BCUT2D eigenvalue weighted by molar-refractivity contribution is -0.121. The van der Waals surface area contributed by atoms with Crippen molar-refractivity contribution in [1.29, 1.82) is 0 Å². The van der Waals surface area contributed by atoms with E-state index in [1.54, 1.807) is 6.92 Å². The van der Waals surface area contributed by atoms with Gasteiger partial charge in [-0.25, -0.2) is 4.90 Å². The van der Waals surface area contributed by atoms with Crippen LogP contribution in [0.15, 0.2) is 0 Å². The highest BCUT2D eigenvalue weighted by atomic mass is 32.1. The first-order chi connectivity index (χ1) is 6.18. The Morgan fingerprint density at radius 1 is 1.23 bits per heavy atom. The van der Waals surface area contributed by atoms with E-state index in [0.29, 0.717) is 5.13 Å². The molecule has 1 aliphatic rings. The smallest absolute Gasteiger partial charge is 0.236 e. The van der Waals surface area contributed by atoms with Crippen LogP contribution in [-0.2, 0) is 9.59 Å². The fourth-order valence-corrected chi connectivity index (χ4v) is 1.89. The molecule has 0 bridgehead atoms. The fraction of sp³-hybridized carbons (Fsp3) is 0.429. The van der Waals surface area contributed by atoms with Crippen LogP contribution in [0.4, 0.5) is 5.13 Å². The molecule has 1 aromatic rings. The first-order valence-electron chi connectivity index (χ1n) is 3.84. The van der Waals surface area contributed by atoms with Crippen LogP contribution in [-0.4, -0.2) is 22.0 Å². The minimum Gasteiger partial charge on any atom is -0.274 e. The summed E-state index contributed by atoms with van der Waals surface area (Å²) in [5.41, 5.74) is 0. The summed E-state index contributed by atoms with van der Waals surface area (Å²) in [5, 5.41) is 8.65. The standard InChI is InChI=1S/C7H7N3O2S/c1-4-8-9-7(13-4)10-5(11)2-3-6(10)12/h2-3H2,1H3. The van der Waals surface area contributed by atoms with E-state index in [1.807, 2.05) is 0 Å². The summed E-state index contributed by atoms with van der Waals surface area (Å²) >= 11 is 1.25. The van der Waals surface area contributed by atoms with Gasteiger partial charge in [-0.1, -0.05) is 11.3 Å². The highest BCUT2D eigenvalue weighted by molar-refractivity contribution is 7.15. The molecule has 2 rings (SSSR count). The van der Waals surface area contributed by atoms with Gasteiger partial charge in [-0.2, -0.15) is 0 Å². The Labute approximate surface area is 78.4 Å². The summed E-state index contributed by atoms with van der Waals surface area (Å²) in [7, 11) is 0. The predicted molar refractivity (Wildman–Crippen MR) is 46.4 cm³/mol. The SMILES string of the molecule is Cc1nnc(N2C(=O)CCC2=O)s1. The molecule has 0 aromatic carbocycles. The van der Waals surface area contributed by atoms with Crippen LogP contribution in [0.5, 0.6) is 0 Å². The van der Waals surface area contributed by atoms with Crippen LogP contribution in [0.2, 0.25) is 0 Å². The van der Waals surface area contributed by atoms with Gasteiger partial charge < -0.3 is 0 Å². The predicted octanol–water partition coefficient (Wildman–Crippen LogP) is 0.500. The molecule has 6 heteroatoms. The van der Waals surface area contributed by atoms with Crippen LogP contribution >= 0.6 is 11.3 Å². The van der Waals surface area contributed by atoms with Gasteiger partial charge in [0.25, 0.3) is 0 Å². The van der Waals surface area contributed by atoms with Crippen molar-refractivity contribution in [2.45, 2.75) is 19.8 Å². The zero-order chi connectivity index (χ0) is 9.42. The molecule has 0 unspecified atom stereocenters. The minimum atomic E-state index is -0.179. The molecule has 1 fully saturated rings. The van der Waals surface area contributed by atoms with Crippen molar-refractivity contribution in [2.24, 2.45) is 0 Å². The van der Waals surface area contributed by atoms with E-state index in [9.17, 15) is 9.59 Å². The third-order valence-electron chi connectivity index (χ3n) is 1.76. The molecule has 1 saturated heterocycles. The van der Waals surface area contributed by atoms with Crippen LogP contribution in [0, 0.1) is 6.92 Å². The molecule has 2 amide bonds. The summed E-state index contributed by atoms with van der Waals surface area (Å²) in [6.45, 7) is 1.78. The molecule has 1 aliphatic heterocycles. The number of amides is 2. The Morgan fingerprint density at radius 3 is 2.31 bits per heavy atom. The lowest BCUT2D eigenvalue weighted by Gasteiger charge is -2.06. The molecular weight excluding hydrogens is 190 g/mol. The van der Waals surface area contributed by atoms with Crippen molar-refractivity contribution < 1.29 is 9.59 Å². The molecule has 0 spiro atoms. The van der Waals surface area contributed by atoms with Crippen LogP contribution in [0.25, 0.3) is 0 Å². The van der Waals surface area contributed by atoms with Gasteiger partial charge in [0.05, 0.1) is 0 Å². The number of hydrogen-bond donors (Lipinski definition) is 0. The molecule has 0 atom stereocenters. The zero-order valence-corrected chi connectivity index (χ0v) is 7.80. The Kier molecular flexibility index (Phi) is 1.84. The number of carbonyl (C=O) groups is 2. The number of nitrogens with zero attached hydrogens (tertiary/aromatic N) is 3. The molecule has 0 saturated carbocycles. The van der Waals surface area contributed by atoms with E-state index in [-0.39, 0.29) is 24.7 Å². The van der Waals surface area contributed by atoms with E-state index < -0.39 is 0 Å². The number of aromatic nitrogens is 2. The van der Waals surface area contributed by atoms with Crippen molar-refractivity contribution in [3.05, 3.63) is 5.01 Å². The van der Waals surface area contributed by atoms with Gasteiger partial charge in [-0.3, -0.25) is 9.59 Å². The summed E-state index contributed by atoms with van der Waals surface area (Å²) in [5.74, 6) is -0.359. The second kappa shape index (κ2) is 2.88. The second-order valence-corrected chi connectivity index (χ2v) is 3.89. The largest absolute Gasteiger partial charge is 0.274 e. The molecule has 0 aliphatic carbocycles. The molecule has 5 nitrogen and oxygen atoms in total. The van der Waals surface area contributed by atoms with Crippen molar-refractivity contribution in [3.63, 3.8) is 0 Å². The van der Waals surface area contributed by atoms with E-state index in [1.165, 1.54) is 11.3 Å². The number of aryl methyl sites for hydroxylation is 1. The van der Waals surface area contributed by atoms with Crippen molar-refractivity contribution >= 4 is 28.3 Å². The van der Waals surface area contributed by atoms with Gasteiger partial charge in [-0.05, 0) is 6.92 Å². The topological polar surface area (TPSA) is 63.2 Å². The summed E-state index contributed by atoms with van der Waals surface area (Å²) in [4.78, 5) is 23.6. The molecule has 13 heavy (non-hydrogen) atoms. The summed E-state index contributed by atoms with van der Waals surface area (Å²) in [6, 6.07) is 0. The molecular formula is C7H7N3O2S. The Hall–Kier alpha value is -1.30. The number of hydrogen-bond acceptors (Lipinski definition) is 5. The fourth-order valence-electron chi connectivity index (χ4n) is 1.17. The van der Waals surface area contributed by atoms with Gasteiger partial charge in [0.2, 0.25) is 16.9 Å². The number of carbonyl (C=O) groups excluding carboxylic acids is 2. The monoisotopic (exact) mass is 197 g/mol. The van der Waals surface area contributed by atoms with E-state index in [4.69, 9.17) is 0 Å². The maximum absolute atomic E-state index is 11.2. The summed E-state index contributed by atoms with van der Waals surface area (Å²) < 4.78 is 0. The number of anilines is 1. The lowest BCUT2D eigenvalue weighted by Crippen LogP contribution is -2.28. The average molecular weight is 197 g/mol. The van der Waals surface area contributed by atoms with Crippen LogP contribution in [0.1, 0.15) is 17.8 Å². The third kappa shape index (κ3) is 1.33. The van der Waals surface area contributed by atoms with Gasteiger partial charge in [0.15, 0.2) is 0 Å². The maximum atomic E-state index is 11.2. The number of imide groups is 1. The molecule has 68 valence electrons. The molecule has 1 aromatic heterocycles. The van der Waals surface area contributed by atoms with E-state index >= 15 is 0 Å². The lowest BCUT2D eigenvalue weighted by atomic mass is 10.4. The average Bonchev–Trinajstić information content (AvgIpc) is 2.60. The summed E-state index contributed by atoms with van der Waals surface area (Å²) in [6.07, 6.45) is 0.578. The highest BCUT2D eigenvalue weighted by Gasteiger charge is 2.32. The quantitative estimate of drug-likeness (QED) is 0.615. The molecule has 2 heterocycles. The first-order valence-corrected chi connectivity index (χ1v) is 4.66. The van der Waals surface area contributed by atoms with Crippen molar-refractivity contribution in [2.75, 3.05) is 4.90 Å². The minimum absolute atomic E-state index is 0.179. The van der Waals surface area contributed by atoms with Crippen LogP contribution in [0.3, 0.4) is 0 Å². The highest BCUT2D eigenvalue weighted by Crippen LogP contribution is 2.25.